The molecule has 1 heterocycles. The van der Waals surface area contributed by atoms with E-state index in [4.69, 9.17) is 5.11 Å². The lowest BCUT2D eigenvalue weighted by Gasteiger charge is -2.44. The van der Waals surface area contributed by atoms with Crippen molar-refractivity contribution >= 4 is 5.97 Å². The highest BCUT2D eigenvalue weighted by atomic mass is 16.4. The van der Waals surface area contributed by atoms with Gasteiger partial charge < -0.3 is 15.3 Å². The molecule has 2 atom stereocenters. The minimum atomic E-state index is -0.718. The van der Waals surface area contributed by atoms with Gasteiger partial charge in [0, 0.05) is 5.54 Å². The molecule has 4 heteroatoms. The van der Waals surface area contributed by atoms with Gasteiger partial charge in [0.25, 0.3) is 0 Å². The summed E-state index contributed by atoms with van der Waals surface area (Å²) < 4.78 is 0. The minimum Gasteiger partial charge on any atom is -0.480 e. The predicted octanol–water partition coefficient (Wildman–Crippen LogP) is 3.73. The average Bonchev–Trinajstić information content (AvgIpc) is 3.11. The molecule has 1 aromatic carbocycles. The zero-order chi connectivity index (χ0) is 19.4. The van der Waals surface area contributed by atoms with Crippen molar-refractivity contribution < 1.29 is 9.90 Å². The van der Waals surface area contributed by atoms with Crippen molar-refractivity contribution in [2.24, 2.45) is 11.8 Å². The van der Waals surface area contributed by atoms with Gasteiger partial charge in [-0.1, -0.05) is 31.2 Å². The molecular formula is C23H36N2O2. The number of nitrogens with one attached hydrogen (secondary N) is 1. The number of nitrogens with zero attached hydrogens (tertiary/aromatic N) is 1. The normalized spacial score (nSPS) is 31.3. The second-order valence-electron chi connectivity index (χ2n) is 9.04. The summed E-state index contributed by atoms with van der Waals surface area (Å²) in [4.78, 5) is 13.6. The van der Waals surface area contributed by atoms with Crippen molar-refractivity contribution in [1.29, 1.82) is 0 Å². The van der Waals surface area contributed by atoms with Crippen molar-refractivity contribution in [2.75, 3.05) is 20.6 Å². The van der Waals surface area contributed by atoms with E-state index < -0.39 is 5.97 Å². The Balaban J connectivity index is 1.54. The number of hydrogen-bond donors (Lipinski definition) is 2. The Bertz CT molecular complexity index is 635. The van der Waals surface area contributed by atoms with Crippen molar-refractivity contribution in [2.45, 2.75) is 69.9 Å². The van der Waals surface area contributed by atoms with Gasteiger partial charge in [-0.15, -0.1) is 0 Å². The summed E-state index contributed by atoms with van der Waals surface area (Å²) in [6, 6.07) is 8.65. The van der Waals surface area contributed by atoms with Crippen LogP contribution < -0.4 is 5.32 Å². The third kappa shape index (κ3) is 4.91. The number of rotatable bonds is 7. The number of carbonyl (C=O) groups is 1. The Labute approximate surface area is 164 Å². The highest BCUT2D eigenvalue weighted by molar-refractivity contribution is 5.73. The first-order valence-corrected chi connectivity index (χ1v) is 10.6. The SMILES string of the molecule is CC[C@]1(N(C)C)CC[C@H](Cc2cccc(C[C@@H]3CN[C@H](C(=O)O)C3)c2)CC1. The molecule has 1 saturated carbocycles. The molecule has 0 bridgehead atoms. The maximum Gasteiger partial charge on any atom is 0.320 e. The van der Waals surface area contributed by atoms with Gasteiger partial charge in [0.2, 0.25) is 0 Å². The molecule has 0 unspecified atom stereocenters. The van der Waals surface area contributed by atoms with Gasteiger partial charge >= 0.3 is 5.97 Å². The largest absolute Gasteiger partial charge is 0.480 e. The third-order valence-electron chi connectivity index (χ3n) is 7.20. The van der Waals surface area contributed by atoms with Gasteiger partial charge in [-0.05, 0) is 95.0 Å². The highest BCUT2D eigenvalue weighted by Gasteiger charge is 2.35. The highest BCUT2D eigenvalue weighted by Crippen LogP contribution is 2.39. The first-order valence-electron chi connectivity index (χ1n) is 10.6. The summed E-state index contributed by atoms with van der Waals surface area (Å²) in [6.45, 7) is 3.14. The first kappa shape index (κ1) is 20.3. The smallest absolute Gasteiger partial charge is 0.320 e. The van der Waals surface area contributed by atoms with Crippen molar-refractivity contribution in [3.05, 3.63) is 35.4 Å². The van der Waals surface area contributed by atoms with E-state index in [2.05, 4.69) is 55.5 Å². The summed E-state index contributed by atoms with van der Waals surface area (Å²) in [6.07, 6.45) is 9.42. The van der Waals surface area contributed by atoms with E-state index in [1.165, 1.54) is 49.7 Å². The number of carboxylic acids is 1. The average molecular weight is 373 g/mol. The second kappa shape index (κ2) is 8.74. The molecule has 0 spiro atoms. The van der Waals surface area contributed by atoms with Gasteiger partial charge in [0.1, 0.15) is 6.04 Å². The Morgan fingerprint density at radius 3 is 2.33 bits per heavy atom. The predicted molar refractivity (Wildman–Crippen MR) is 110 cm³/mol. The first-order chi connectivity index (χ1) is 12.9. The number of benzene rings is 1. The summed E-state index contributed by atoms with van der Waals surface area (Å²) >= 11 is 0. The topological polar surface area (TPSA) is 52.6 Å². The van der Waals surface area contributed by atoms with Crippen LogP contribution in [-0.2, 0) is 17.6 Å². The van der Waals surface area contributed by atoms with Gasteiger partial charge in [0.15, 0.2) is 0 Å². The summed E-state index contributed by atoms with van der Waals surface area (Å²) in [7, 11) is 4.47. The van der Waals surface area contributed by atoms with Crippen molar-refractivity contribution in [3.8, 4) is 0 Å². The van der Waals surface area contributed by atoms with E-state index in [0.29, 0.717) is 11.5 Å². The molecule has 1 saturated heterocycles. The van der Waals surface area contributed by atoms with Crippen LogP contribution in [0.25, 0.3) is 0 Å². The van der Waals surface area contributed by atoms with Crippen LogP contribution in [-0.4, -0.2) is 48.2 Å². The van der Waals surface area contributed by atoms with Crippen LogP contribution in [0.1, 0.15) is 56.6 Å². The molecule has 1 aliphatic carbocycles. The summed E-state index contributed by atoms with van der Waals surface area (Å²) in [5.74, 6) is 0.509. The Morgan fingerprint density at radius 2 is 1.81 bits per heavy atom. The van der Waals surface area contributed by atoms with Crippen LogP contribution >= 0.6 is 0 Å². The zero-order valence-electron chi connectivity index (χ0n) is 17.2. The van der Waals surface area contributed by atoms with Crippen LogP contribution in [0, 0.1) is 11.8 Å². The lowest BCUT2D eigenvalue weighted by atomic mass is 9.72. The number of carboxylic acid groups (broad SMARTS) is 1. The van der Waals surface area contributed by atoms with Crippen LogP contribution in [0.4, 0.5) is 0 Å². The van der Waals surface area contributed by atoms with Crippen LogP contribution in [0.15, 0.2) is 24.3 Å². The Kier molecular flexibility index (Phi) is 6.59. The summed E-state index contributed by atoms with van der Waals surface area (Å²) in [5.41, 5.74) is 3.22. The zero-order valence-corrected chi connectivity index (χ0v) is 17.2. The second-order valence-corrected chi connectivity index (χ2v) is 9.04. The van der Waals surface area contributed by atoms with Crippen molar-refractivity contribution in [3.63, 3.8) is 0 Å². The molecule has 0 aromatic heterocycles. The molecule has 3 rings (SSSR count). The van der Waals surface area contributed by atoms with E-state index in [0.717, 1.165) is 25.3 Å². The summed E-state index contributed by atoms with van der Waals surface area (Å²) in [5, 5.41) is 12.3. The van der Waals surface area contributed by atoms with Gasteiger partial charge in [-0.3, -0.25) is 4.79 Å². The maximum absolute atomic E-state index is 11.1. The fourth-order valence-electron chi connectivity index (χ4n) is 5.24. The molecule has 1 aliphatic heterocycles. The van der Waals surface area contributed by atoms with Crippen LogP contribution in [0.5, 0.6) is 0 Å². The fourth-order valence-corrected chi connectivity index (χ4v) is 5.24. The Morgan fingerprint density at radius 1 is 1.19 bits per heavy atom. The molecule has 4 nitrogen and oxygen atoms in total. The van der Waals surface area contributed by atoms with Gasteiger partial charge in [-0.2, -0.15) is 0 Å². The van der Waals surface area contributed by atoms with Gasteiger partial charge in [0.05, 0.1) is 0 Å². The van der Waals surface area contributed by atoms with E-state index >= 15 is 0 Å². The van der Waals surface area contributed by atoms with E-state index in [1.54, 1.807) is 0 Å². The Hall–Kier alpha value is -1.39. The fraction of sp³-hybridized carbons (Fsp3) is 0.696. The maximum atomic E-state index is 11.1. The quantitative estimate of drug-likeness (QED) is 0.766. The monoisotopic (exact) mass is 372 g/mol. The van der Waals surface area contributed by atoms with E-state index in [9.17, 15) is 4.79 Å². The van der Waals surface area contributed by atoms with E-state index in [1.807, 2.05) is 0 Å². The molecule has 150 valence electrons. The molecule has 0 amide bonds. The lowest BCUT2D eigenvalue weighted by Crippen LogP contribution is -2.46. The van der Waals surface area contributed by atoms with E-state index in [-0.39, 0.29) is 6.04 Å². The van der Waals surface area contributed by atoms with Crippen LogP contribution in [0.2, 0.25) is 0 Å². The van der Waals surface area contributed by atoms with Crippen LogP contribution in [0.3, 0.4) is 0 Å². The molecular weight excluding hydrogens is 336 g/mol. The number of aliphatic carboxylic acids is 1. The van der Waals surface area contributed by atoms with Gasteiger partial charge in [-0.25, -0.2) is 0 Å². The number of hydrogen-bond acceptors (Lipinski definition) is 3. The third-order valence-corrected chi connectivity index (χ3v) is 7.20. The van der Waals surface area contributed by atoms with Crippen molar-refractivity contribution in [1.82, 2.24) is 10.2 Å². The minimum absolute atomic E-state index is 0.365. The molecule has 0 radical (unpaired) electrons. The lowest BCUT2D eigenvalue weighted by molar-refractivity contribution is -0.139. The molecule has 2 aliphatic rings. The standard InChI is InChI=1S/C23H36N2O2/c1-4-23(25(2)3)10-8-17(9-11-23)12-18-6-5-7-19(13-18)14-20-15-21(22(26)27)24-16-20/h5-7,13,17,20-21,24H,4,8-12,14-16H2,1-3H3,(H,26,27)/t17-,20-,21-,23-/m0/s1. The molecule has 2 N–H and O–H groups in total. The molecule has 27 heavy (non-hydrogen) atoms. The molecule has 1 aromatic rings. The molecule has 2 fully saturated rings.